The van der Waals surface area contributed by atoms with E-state index >= 15 is 0 Å². The molecule has 1 atom stereocenters. The Labute approximate surface area is 164 Å². The van der Waals surface area contributed by atoms with E-state index in [0.29, 0.717) is 11.6 Å². The van der Waals surface area contributed by atoms with E-state index in [0.717, 1.165) is 30.5 Å². The van der Waals surface area contributed by atoms with Gasteiger partial charge in [0, 0.05) is 11.6 Å². The summed E-state index contributed by atoms with van der Waals surface area (Å²) < 4.78 is 0. The number of aliphatic hydroxyl groups excluding tert-OH is 1. The zero-order valence-electron chi connectivity index (χ0n) is 15.9. The number of aryl methyl sites for hydroxylation is 1. The fraction of sp³-hybridized carbons (Fsp3) is 0.304. The molecule has 1 amide bonds. The van der Waals surface area contributed by atoms with Gasteiger partial charge in [0.15, 0.2) is 0 Å². The molecule has 0 radical (unpaired) electrons. The first-order chi connectivity index (χ1) is 13.6. The molecule has 1 aromatic heterocycles. The van der Waals surface area contributed by atoms with Crippen LogP contribution < -0.4 is 5.32 Å². The molecule has 2 aromatic carbocycles. The van der Waals surface area contributed by atoms with Crippen molar-refractivity contribution in [1.29, 1.82) is 0 Å². The third-order valence-electron chi connectivity index (χ3n) is 5.50. The number of hydrogen-bond acceptors (Lipinski definition) is 3. The van der Waals surface area contributed by atoms with Crippen LogP contribution in [-0.4, -0.2) is 33.4 Å². The smallest absolute Gasteiger partial charge is 0.269 e. The Morgan fingerprint density at radius 3 is 2.57 bits per heavy atom. The minimum Gasteiger partial charge on any atom is -0.393 e. The van der Waals surface area contributed by atoms with Crippen LogP contribution >= 0.6 is 0 Å². The van der Waals surface area contributed by atoms with Crippen molar-refractivity contribution >= 4 is 5.91 Å². The predicted molar refractivity (Wildman–Crippen MR) is 109 cm³/mol. The average molecular weight is 375 g/mol. The molecule has 0 unspecified atom stereocenters. The topological polar surface area (TPSA) is 78.0 Å². The van der Waals surface area contributed by atoms with Crippen molar-refractivity contribution in [3.8, 4) is 11.3 Å². The molecule has 3 aromatic rings. The van der Waals surface area contributed by atoms with Crippen LogP contribution in [0.5, 0.6) is 0 Å². The third-order valence-corrected chi connectivity index (χ3v) is 5.50. The van der Waals surface area contributed by atoms with Crippen molar-refractivity contribution in [1.82, 2.24) is 15.5 Å². The highest BCUT2D eigenvalue weighted by molar-refractivity contribution is 5.93. The molecule has 5 heteroatoms. The minimum absolute atomic E-state index is 0.00979. The summed E-state index contributed by atoms with van der Waals surface area (Å²) in [7, 11) is 0. The molecule has 144 valence electrons. The minimum atomic E-state index is -0.250. The van der Waals surface area contributed by atoms with Gasteiger partial charge in [0.1, 0.15) is 5.69 Å². The molecule has 1 aliphatic rings. The summed E-state index contributed by atoms with van der Waals surface area (Å²) in [5, 5.41) is 20.0. The number of aliphatic hydroxyl groups is 1. The summed E-state index contributed by atoms with van der Waals surface area (Å²) in [5.74, 6) is 0.131. The Morgan fingerprint density at radius 1 is 1.18 bits per heavy atom. The maximum Gasteiger partial charge on any atom is 0.269 e. The first-order valence-corrected chi connectivity index (χ1v) is 9.74. The van der Waals surface area contributed by atoms with Crippen LogP contribution in [0.15, 0.2) is 60.7 Å². The highest BCUT2D eigenvalue weighted by Crippen LogP contribution is 2.32. The van der Waals surface area contributed by atoms with E-state index in [4.69, 9.17) is 0 Å². The number of nitrogens with one attached hydrogen (secondary N) is 2. The molecule has 1 fully saturated rings. The number of nitrogens with zero attached hydrogens (tertiary/aromatic N) is 1. The van der Waals surface area contributed by atoms with Crippen molar-refractivity contribution in [2.75, 3.05) is 0 Å². The van der Waals surface area contributed by atoms with Crippen molar-refractivity contribution in [3.05, 3.63) is 77.5 Å². The number of aromatic nitrogens is 2. The van der Waals surface area contributed by atoms with Gasteiger partial charge in [0.05, 0.1) is 11.8 Å². The molecule has 1 aliphatic carbocycles. The van der Waals surface area contributed by atoms with Crippen LogP contribution in [0.4, 0.5) is 0 Å². The third kappa shape index (κ3) is 4.15. The van der Waals surface area contributed by atoms with Gasteiger partial charge < -0.3 is 10.4 Å². The summed E-state index contributed by atoms with van der Waals surface area (Å²) in [5.41, 5.74) is 4.55. The first-order valence-electron chi connectivity index (χ1n) is 9.74. The summed E-state index contributed by atoms with van der Waals surface area (Å²) in [4.78, 5) is 12.8. The van der Waals surface area contributed by atoms with Gasteiger partial charge in [0.25, 0.3) is 5.91 Å². The van der Waals surface area contributed by atoms with E-state index in [2.05, 4.69) is 27.6 Å². The standard InChI is InChI=1S/C23H25N3O2/c1-15-7-9-17(10-8-15)21-14-22(26-25-21)23(28)24-20(18-12-19(27)13-18)11-16-5-3-2-4-6-16/h2-10,14,18-20,27H,11-13H2,1H3,(H,24,28)(H,25,26)/t18?,19?,20-/m0/s1. The van der Waals surface area contributed by atoms with Crippen molar-refractivity contribution in [2.24, 2.45) is 5.92 Å². The molecule has 3 N–H and O–H groups in total. The van der Waals surface area contributed by atoms with Gasteiger partial charge in [-0.05, 0) is 43.7 Å². The normalized spacial score (nSPS) is 19.6. The van der Waals surface area contributed by atoms with Gasteiger partial charge in [-0.1, -0.05) is 60.2 Å². The molecular weight excluding hydrogens is 350 g/mol. The Hall–Kier alpha value is -2.92. The lowest BCUT2D eigenvalue weighted by molar-refractivity contribution is 0.0239. The average Bonchev–Trinajstić information content (AvgIpc) is 3.17. The first kappa shape index (κ1) is 18.4. The van der Waals surface area contributed by atoms with E-state index in [1.54, 1.807) is 6.07 Å². The van der Waals surface area contributed by atoms with Crippen LogP contribution in [0, 0.1) is 12.8 Å². The van der Waals surface area contributed by atoms with Gasteiger partial charge in [-0.25, -0.2) is 0 Å². The van der Waals surface area contributed by atoms with E-state index in [-0.39, 0.29) is 18.1 Å². The zero-order valence-corrected chi connectivity index (χ0v) is 15.9. The summed E-state index contributed by atoms with van der Waals surface area (Å²) in [6.45, 7) is 2.04. The predicted octanol–water partition coefficient (Wildman–Crippen LogP) is 3.50. The number of benzene rings is 2. The monoisotopic (exact) mass is 375 g/mol. The Morgan fingerprint density at radius 2 is 1.89 bits per heavy atom. The van der Waals surface area contributed by atoms with Crippen LogP contribution in [0.1, 0.15) is 34.5 Å². The summed E-state index contributed by atoms with van der Waals surface area (Å²) in [6, 6.07) is 20.0. The molecule has 28 heavy (non-hydrogen) atoms. The SMILES string of the molecule is Cc1ccc(-c2cc(C(=O)N[C@@H](Cc3ccccc3)C3CC(O)C3)[nH]n2)cc1. The molecule has 0 saturated heterocycles. The van der Waals surface area contributed by atoms with E-state index in [1.807, 2.05) is 49.4 Å². The Kier molecular flexibility index (Phi) is 5.26. The molecule has 0 spiro atoms. The molecular formula is C23H25N3O2. The van der Waals surface area contributed by atoms with Gasteiger partial charge in [-0.2, -0.15) is 5.10 Å². The molecule has 0 bridgehead atoms. The van der Waals surface area contributed by atoms with Crippen molar-refractivity contribution < 1.29 is 9.90 Å². The highest BCUT2D eigenvalue weighted by Gasteiger charge is 2.35. The quantitative estimate of drug-likeness (QED) is 0.617. The number of carbonyl (C=O) groups excluding carboxylic acids is 1. The second-order valence-corrected chi connectivity index (χ2v) is 7.69. The number of H-pyrrole nitrogens is 1. The van der Waals surface area contributed by atoms with E-state index < -0.39 is 0 Å². The number of carbonyl (C=O) groups is 1. The Bertz CT molecular complexity index is 928. The number of hydrogen-bond donors (Lipinski definition) is 3. The highest BCUT2D eigenvalue weighted by atomic mass is 16.3. The van der Waals surface area contributed by atoms with Crippen molar-refractivity contribution in [3.63, 3.8) is 0 Å². The van der Waals surface area contributed by atoms with Gasteiger partial charge in [-0.3, -0.25) is 9.89 Å². The van der Waals surface area contributed by atoms with E-state index in [1.165, 1.54) is 11.1 Å². The molecule has 5 nitrogen and oxygen atoms in total. The second kappa shape index (κ2) is 7.98. The van der Waals surface area contributed by atoms with Gasteiger partial charge in [0.2, 0.25) is 0 Å². The molecule has 0 aliphatic heterocycles. The van der Waals surface area contributed by atoms with Gasteiger partial charge in [-0.15, -0.1) is 0 Å². The van der Waals surface area contributed by atoms with Crippen LogP contribution in [0.2, 0.25) is 0 Å². The number of amides is 1. The Balaban J connectivity index is 1.47. The lowest BCUT2D eigenvalue weighted by atomic mass is 9.75. The van der Waals surface area contributed by atoms with Gasteiger partial charge >= 0.3 is 0 Å². The number of rotatable bonds is 6. The maximum absolute atomic E-state index is 12.8. The zero-order chi connectivity index (χ0) is 19.5. The van der Waals surface area contributed by atoms with Crippen molar-refractivity contribution in [2.45, 2.75) is 38.3 Å². The lowest BCUT2D eigenvalue weighted by Gasteiger charge is -2.38. The molecule has 1 heterocycles. The fourth-order valence-electron chi connectivity index (χ4n) is 3.72. The molecule has 4 rings (SSSR count). The maximum atomic E-state index is 12.8. The fourth-order valence-corrected chi connectivity index (χ4v) is 3.72. The lowest BCUT2D eigenvalue weighted by Crippen LogP contribution is -2.48. The second-order valence-electron chi connectivity index (χ2n) is 7.69. The number of aromatic amines is 1. The van der Waals surface area contributed by atoms with Crippen LogP contribution in [0.25, 0.3) is 11.3 Å². The van der Waals surface area contributed by atoms with Crippen LogP contribution in [0.3, 0.4) is 0 Å². The summed E-state index contributed by atoms with van der Waals surface area (Å²) in [6.07, 6.45) is 1.97. The summed E-state index contributed by atoms with van der Waals surface area (Å²) >= 11 is 0. The largest absolute Gasteiger partial charge is 0.393 e. The molecule has 1 saturated carbocycles. The van der Waals surface area contributed by atoms with E-state index in [9.17, 15) is 9.90 Å². The van der Waals surface area contributed by atoms with Crippen LogP contribution in [-0.2, 0) is 6.42 Å².